The third-order valence-electron chi connectivity index (χ3n) is 4.82. The molecule has 1 fully saturated rings. The van der Waals surface area contributed by atoms with Crippen LogP contribution >= 0.6 is 22.9 Å². The highest BCUT2D eigenvalue weighted by atomic mass is 35.5. The number of carbonyl (C=O) groups is 2. The van der Waals surface area contributed by atoms with Gasteiger partial charge in [-0.3, -0.25) is 9.59 Å². The van der Waals surface area contributed by atoms with Crippen LogP contribution in [-0.2, 0) is 0 Å². The van der Waals surface area contributed by atoms with E-state index in [2.05, 4.69) is 15.5 Å². The van der Waals surface area contributed by atoms with Crippen molar-refractivity contribution in [2.24, 2.45) is 0 Å². The van der Waals surface area contributed by atoms with Gasteiger partial charge in [0.1, 0.15) is 5.01 Å². The maximum atomic E-state index is 12.7. The molecule has 1 saturated heterocycles. The summed E-state index contributed by atoms with van der Waals surface area (Å²) in [5.74, 6) is -0.185. The molecule has 29 heavy (non-hydrogen) atoms. The SMILES string of the molecule is O=C(Nc1ccc(Cl)cc1)c1nnc([C@@H]2CCCN(C(=O)c3ccccc3)C2)s1. The standard InChI is InChI=1S/C21H19ClN4O2S/c22-16-8-10-17(11-9-16)23-18(27)20-25-24-19(29-20)15-7-4-12-26(13-15)21(28)14-5-2-1-3-6-14/h1-3,5-6,8-11,15H,4,7,12-13H2,(H,23,27)/t15-/m1/s1. The monoisotopic (exact) mass is 426 g/mol. The van der Waals surface area contributed by atoms with Gasteiger partial charge >= 0.3 is 0 Å². The maximum Gasteiger partial charge on any atom is 0.286 e. The number of likely N-dealkylation sites (tertiary alicyclic amines) is 1. The van der Waals surface area contributed by atoms with Crippen LogP contribution in [0.3, 0.4) is 0 Å². The van der Waals surface area contributed by atoms with Gasteiger partial charge in [-0.05, 0) is 49.2 Å². The van der Waals surface area contributed by atoms with E-state index >= 15 is 0 Å². The van der Waals surface area contributed by atoms with Gasteiger partial charge in [-0.1, -0.05) is 41.1 Å². The molecule has 1 N–H and O–H groups in total. The van der Waals surface area contributed by atoms with Crippen LogP contribution in [0.1, 0.15) is 43.9 Å². The normalized spacial score (nSPS) is 16.4. The highest BCUT2D eigenvalue weighted by Gasteiger charge is 2.28. The molecule has 1 aliphatic rings. The number of rotatable bonds is 4. The highest BCUT2D eigenvalue weighted by molar-refractivity contribution is 7.13. The van der Waals surface area contributed by atoms with Crippen molar-refractivity contribution in [1.82, 2.24) is 15.1 Å². The van der Waals surface area contributed by atoms with Crippen LogP contribution in [0.4, 0.5) is 5.69 Å². The van der Waals surface area contributed by atoms with E-state index in [1.54, 1.807) is 24.3 Å². The van der Waals surface area contributed by atoms with Gasteiger partial charge in [0.15, 0.2) is 0 Å². The smallest absolute Gasteiger partial charge is 0.286 e. The minimum Gasteiger partial charge on any atom is -0.338 e. The van der Waals surface area contributed by atoms with Crippen LogP contribution in [0.2, 0.25) is 5.02 Å². The maximum absolute atomic E-state index is 12.7. The number of halogens is 1. The first-order chi connectivity index (χ1) is 14.1. The number of aromatic nitrogens is 2. The van der Waals surface area contributed by atoms with Gasteiger partial charge in [0, 0.05) is 35.3 Å². The van der Waals surface area contributed by atoms with E-state index in [0.717, 1.165) is 24.4 Å². The second-order valence-corrected chi connectivity index (χ2v) is 8.31. The number of nitrogens with zero attached hydrogens (tertiary/aromatic N) is 3. The Morgan fingerprint density at radius 1 is 1.07 bits per heavy atom. The summed E-state index contributed by atoms with van der Waals surface area (Å²) in [6, 6.07) is 16.2. The van der Waals surface area contributed by atoms with Gasteiger partial charge < -0.3 is 10.2 Å². The van der Waals surface area contributed by atoms with Crippen LogP contribution in [0.5, 0.6) is 0 Å². The predicted octanol–water partition coefficient (Wildman–Crippen LogP) is 4.46. The topological polar surface area (TPSA) is 75.2 Å². The zero-order chi connectivity index (χ0) is 20.2. The predicted molar refractivity (Wildman–Crippen MR) is 114 cm³/mol. The Bertz CT molecular complexity index is 1010. The number of nitrogens with one attached hydrogen (secondary N) is 1. The lowest BCUT2D eigenvalue weighted by molar-refractivity contribution is 0.0706. The minimum absolute atomic E-state index is 0.0283. The van der Waals surface area contributed by atoms with Crippen molar-refractivity contribution in [2.45, 2.75) is 18.8 Å². The molecule has 0 aliphatic carbocycles. The van der Waals surface area contributed by atoms with Gasteiger partial charge in [-0.15, -0.1) is 10.2 Å². The fraction of sp³-hybridized carbons (Fsp3) is 0.238. The molecule has 148 valence electrons. The summed E-state index contributed by atoms with van der Waals surface area (Å²) in [4.78, 5) is 27.0. The zero-order valence-corrected chi connectivity index (χ0v) is 17.1. The molecule has 0 unspecified atom stereocenters. The Kier molecular flexibility index (Phi) is 5.87. The van der Waals surface area contributed by atoms with Crippen molar-refractivity contribution >= 4 is 40.4 Å². The van der Waals surface area contributed by atoms with Gasteiger partial charge in [0.05, 0.1) is 0 Å². The molecule has 0 bridgehead atoms. The molecule has 2 amide bonds. The lowest BCUT2D eigenvalue weighted by atomic mass is 9.98. The molecule has 2 heterocycles. The Morgan fingerprint density at radius 3 is 2.59 bits per heavy atom. The van der Waals surface area contributed by atoms with E-state index in [1.165, 1.54) is 11.3 Å². The third-order valence-corrected chi connectivity index (χ3v) is 6.15. The van der Waals surface area contributed by atoms with E-state index in [1.807, 2.05) is 35.2 Å². The third kappa shape index (κ3) is 4.63. The molecule has 1 aromatic heterocycles. The number of amides is 2. The minimum atomic E-state index is -0.302. The summed E-state index contributed by atoms with van der Waals surface area (Å²) in [5.41, 5.74) is 1.34. The fourth-order valence-corrected chi connectivity index (χ4v) is 4.33. The number of hydrogen-bond donors (Lipinski definition) is 1. The highest BCUT2D eigenvalue weighted by Crippen LogP contribution is 2.30. The molecule has 1 aliphatic heterocycles. The largest absolute Gasteiger partial charge is 0.338 e. The number of anilines is 1. The molecule has 8 heteroatoms. The van der Waals surface area contributed by atoms with Gasteiger partial charge in [-0.25, -0.2) is 0 Å². The summed E-state index contributed by atoms with van der Waals surface area (Å²) in [6.45, 7) is 1.31. The summed E-state index contributed by atoms with van der Waals surface area (Å²) in [7, 11) is 0. The molecule has 0 saturated carbocycles. The summed E-state index contributed by atoms with van der Waals surface area (Å²) >= 11 is 7.15. The van der Waals surface area contributed by atoms with E-state index < -0.39 is 0 Å². The van der Waals surface area contributed by atoms with Crippen molar-refractivity contribution < 1.29 is 9.59 Å². The molecular weight excluding hydrogens is 408 g/mol. The molecule has 0 radical (unpaired) electrons. The molecule has 4 rings (SSSR count). The molecule has 2 aromatic carbocycles. The van der Waals surface area contributed by atoms with Gasteiger partial charge in [0.2, 0.25) is 5.01 Å². The first-order valence-corrected chi connectivity index (χ1v) is 10.5. The van der Waals surface area contributed by atoms with E-state index in [0.29, 0.717) is 27.8 Å². The van der Waals surface area contributed by atoms with E-state index in [-0.39, 0.29) is 17.7 Å². The van der Waals surface area contributed by atoms with Gasteiger partial charge in [0.25, 0.3) is 11.8 Å². The second-order valence-electron chi connectivity index (χ2n) is 6.86. The number of piperidine rings is 1. The molecule has 1 atom stereocenters. The number of benzene rings is 2. The van der Waals surface area contributed by atoms with E-state index in [9.17, 15) is 9.59 Å². The summed E-state index contributed by atoms with van der Waals surface area (Å²) in [5, 5.41) is 12.8. The lowest BCUT2D eigenvalue weighted by Crippen LogP contribution is -2.39. The fourth-order valence-electron chi connectivity index (χ4n) is 3.34. The van der Waals surface area contributed by atoms with Crippen LogP contribution in [-0.4, -0.2) is 40.0 Å². The van der Waals surface area contributed by atoms with Crippen molar-refractivity contribution in [3.8, 4) is 0 Å². The van der Waals surface area contributed by atoms with Gasteiger partial charge in [-0.2, -0.15) is 0 Å². The van der Waals surface area contributed by atoms with Crippen LogP contribution in [0, 0.1) is 0 Å². The van der Waals surface area contributed by atoms with Crippen LogP contribution in [0.15, 0.2) is 54.6 Å². The summed E-state index contributed by atoms with van der Waals surface area (Å²) < 4.78 is 0. The lowest BCUT2D eigenvalue weighted by Gasteiger charge is -2.31. The Morgan fingerprint density at radius 2 is 1.83 bits per heavy atom. The molecule has 3 aromatic rings. The van der Waals surface area contributed by atoms with Crippen molar-refractivity contribution in [3.63, 3.8) is 0 Å². The average molecular weight is 427 g/mol. The van der Waals surface area contributed by atoms with Crippen molar-refractivity contribution in [1.29, 1.82) is 0 Å². The Hall–Kier alpha value is -2.77. The summed E-state index contributed by atoms with van der Waals surface area (Å²) in [6.07, 6.45) is 1.82. The van der Waals surface area contributed by atoms with Crippen LogP contribution < -0.4 is 5.32 Å². The molecule has 0 spiro atoms. The van der Waals surface area contributed by atoms with Crippen LogP contribution in [0.25, 0.3) is 0 Å². The molecule has 6 nitrogen and oxygen atoms in total. The van der Waals surface area contributed by atoms with Crippen molar-refractivity contribution in [2.75, 3.05) is 18.4 Å². The first kappa shape index (κ1) is 19.5. The first-order valence-electron chi connectivity index (χ1n) is 9.35. The van der Waals surface area contributed by atoms with E-state index in [4.69, 9.17) is 11.6 Å². The quantitative estimate of drug-likeness (QED) is 0.668. The Balaban J connectivity index is 1.42. The number of carbonyl (C=O) groups excluding carboxylic acids is 2. The average Bonchev–Trinajstić information content (AvgIpc) is 3.26. The second kappa shape index (κ2) is 8.71. The molecular formula is C21H19ClN4O2S. The Labute approximate surface area is 177 Å². The van der Waals surface area contributed by atoms with Crippen molar-refractivity contribution in [3.05, 3.63) is 75.2 Å². The zero-order valence-electron chi connectivity index (χ0n) is 15.5. The number of hydrogen-bond acceptors (Lipinski definition) is 5.